The summed E-state index contributed by atoms with van der Waals surface area (Å²) >= 11 is 0. The van der Waals surface area contributed by atoms with Crippen molar-refractivity contribution in [3.8, 4) is 0 Å². The minimum atomic E-state index is -1.85. The fourth-order valence-electron chi connectivity index (χ4n) is 16.0. The molecule has 0 saturated carbocycles. The second-order valence-corrected chi connectivity index (χ2v) is 103. The van der Waals surface area contributed by atoms with Gasteiger partial charge in [-0.15, -0.1) is 0 Å². The highest BCUT2D eigenvalue weighted by Crippen LogP contribution is 2.65. The molecule has 0 aromatic heterocycles. The molecule has 1 rings (SSSR count). The second kappa shape index (κ2) is 15.4. The zero-order chi connectivity index (χ0) is 40.8. The summed E-state index contributed by atoms with van der Waals surface area (Å²) in [5.41, 5.74) is 4.00. The van der Waals surface area contributed by atoms with Crippen LogP contribution in [0.4, 0.5) is 0 Å². The van der Waals surface area contributed by atoms with Crippen LogP contribution in [-0.4, -0.2) is 94.6 Å². The average Bonchev–Trinajstić information content (AvgIpc) is 2.72. The normalized spacial score (nSPS) is 20.4. The molecule has 1 aliphatic heterocycles. The first-order valence-corrected chi connectivity index (χ1v) is 60.4. The third-order valence-corrected chi connectivity index (χ3v) is 135. The molecule has 12 heteroatoms. The van der Waals surface area contributed by atoms with E-state index in [-0.39, 0.29) is 0 Å². The van der Waals surface area contributed by atoms with E-state index >= 15 is 0 Å². The van der Waals surface area contributed by atoms with Gasteiger partial charge in [0, 0.05) is 64.6 Å². The van der Waals surface area contributed by atoms with Gasteiger partial charge in [-0.2, -0.15) is 0 Å². The Bertz CT molecular complexity index is 982. The van der Waals surface area contributed by atoms with Gasteiger partial charge in [0.05, 0.1) is 15.2 Å². The monoisotopic (exact) mass is 890 g/mol. The summed E-state index contributed by atoms with van der Waals surface area (Å²) in [6, 6.07) is 0. The van der Waals surface area contributed by atoms with E-state index in [0.717, 1.165) is 41.3 Å². The van der Waals surface area contributed by atoms with E-state index in [9.17, 15) is 0 Å². The minimum Gasteiger partial charge on any atom is -0.0698 e. The van der Waals surface area contributed by atoms with Gasteiger partial charge in [-0.1, -0.05) is 229 Å². The maximum Gasteiger partial charge on any atom is 0.0578 e. The second-order valence-electron chi connectivity index (χ2n) is 27.2. The summed E-state index contributed by atoms with van der Waals surface area (Å²) in [5, 5.41) is 0. The van der Waals surface area contributed by atoms with Crippen molar-refractivity contribution < 1.29 is 0 Å². The molecule has 0 nitrogen and oxygen atoms in total. The molecule has 0 aromatic rings. The maximum absolute atomic E-state index is 2.95. The summed E-state index contributed by atoms with van der Waals surface area (Å²) in [6.45, 7) is 87.6. The molecule has 0 amide bonds. The molecule has 0 aromatic carbocycles. The van der Waals surface area contributed by atoms with E-state index in [2.05, 4.69) is 199 Å². The molecular weight excluding hydrogens is 793 g/mol. The molecule has 0 spiro atoms. The van der Waals surface area contributed by atoms with Gasteiger partial charge in [0.1, 0.15) is 0 Å². The summed E-state index contributed by atoms with van der Waals surface area (Å²) in [4.78, 5) is 4.62. The van der Waals surface area contributed by atoms with E-state index in [4.69, 9.17) is 0 Å². The fraction of sp³-hybridized carbons (Fsp3) is 1.00. The highest BCUT2D eigenvalue weighted by atomic mass is 29.6. The quantitative estimate of drug-likeness (QED) is 0.135. The van der Waals surface area contributed by atoms with Crippen LogP contribution < -0.4 is 0 Å². The highest BCUT2D eigenvalue weighted by Gasteiger charge is 2.72. The summed E-state index contributed by atoms with van der Waals surface area (Å²) in [6.07, 6.45) is 0. The predicted molar refractivity (Wildman–Crippen MR) is 274 cm³/mol. The van der Waals surface area contributed by atoms with Gasteiger partial charge in [0.2, 0.25) is 0 Å². The molecular formula is C38H98Si12. The van der Waals surface area contributed by atoms with E-state index in [0.29, 0.717) is 0 Å². The molecule has 0 fully saturated rings. The van der Waals surface area contributed by atoms with Crippen LogP contribution in [-0.2, 0) is 0 Å². The van der Waals surface area contributed by atoms with E-state index in [1.165, 1.54) is 0 Å². The Morgan fingerprint density at radius 2 is 0.400 bits per heavy atom. The van der Waals surface area contributed by atoms with Crippen LogP contribution in [0.5, 0.6) is 0 Å². The SMILES string of the molecule is CC(C)[Si](C([Si](C)(C)C)[Si](C)(C)C)(C([Si](C)(C)C)[Si](C)(C)C)[Si]1=[Si]([Si](C(C)C)(C([Si](C)(C)C)[Si](C)(C)C)C([Si](C)(C)C)[Si](C)(C)C)[C@@H](C)[C@H]1C. The van der Waals surface area contributed by atoms with Crippen molar-refractivity contribution in [1.82, 2.24) is 0 Å². The molecule has 1 heterocycles. The Morgan fingerprint density at radius 3 is 0.480 bits per heavy atom. The maximum atomic E-state index is 2.95. The summed E-state index contributed by atoms with van der Waals surface area (Å²) in [7, 11) is -16.7. The molecule has 298 valence electrons. The van der Waals surface area contributed by atoms with Crippen molar-refractivity contribution in [2.45, 2.75) is 240 Å². The van der Waals surface area contributed by atoms with Crippen molar-refractivity contribution in [3.63, 3.8) is 0 Å². The van der Waals surface area contributed by atoms with Gasteiger partial charge >= 0.3 is 0 Å². The van der Waals surface area contributed by atoms with Crippen LogP contribution >= 0.6 is 0 Å². The Kier molecular flexibility index (Phi) is 15.6. The van der Waals surface area contributed by atoms with Gasteiger partial charge in [-0.25, -0.2) is 0 Å². The highest BCUT2D eigenvalue weighted by molar-refractivity contribution is 7.66. The molecule has 0 unspecified atom stereocenters. The van der Waals surface area contributed by atoms with Gasteiger partial charge in [-0.05, 0) is 25.9 Å². The first-order chi connectivity index (χ1) is 21.4. The lowest BCUT2D eigenvalue weighted by Gasteiger charge is -2.71. The largest absolute Gasteiger partial charge is 0.0698 e. The van der Waals surface area contributed by atoms with Crippen molar-refractivity contribution >= 4 is 94.6 Å². The van der Waals surface area contributed by atoms with Crippen molar-refractivity contribution in [1.29, 1.82) is 0 Å². The van der Waals surface area contributed by atoms with Crippen LogP contribution in [0.15, 0.2) is 0 Å². The molecule has 0 N–H and O–H groups in total. The predicted octanol–water partition coefficient (Wildman–Crippen LogP) is 15.2. The van der Waals surface area contributed by atoms with E-state index in [1.54, 1.807) is 0 Å². The summed E-state index contributed by atoms with van der Waals surface area (Å²) in [5.74, 6) is 0. The lowest BCUT2D eigenvalue weighted by atomic mass is 10.4. The number of hydrogen-bond acceptors (Lipinski definition) is 0. The molecule has 0 saturated heterocycles. The van der Waals surface area contributed by atoms with Gasteiger partial charge < -0.3 is 0 Å². The zero-order valence-electron chi connectivity index (χ0n) is 40.6. The van der Waals surface area contributed by atoms with Crippen LogP contribution in [0.3, 0.4) is 0 Å². The van der Waals surface area contributed by atoms with Crippen LogP contribution in [0, 0.1) is 0 Å². The molecule has 0 bridgehead atoms. The van der Waals surface area contributed by atoms with E-state index in [1.807, 2.05) is 0 Å². The average molecular weight is 892 g/mol. The molecule has 0 aliphatic carbocycles. The van der Waals surface area contributed by atoms with Gasteiger partial charge in [0.25, 0.3) is 0 Å². The van der Waals surface area contributed by atoms with Crippen LogP contribution in [0.25, 0.3) is 0 Å². The summed E-state index contributed by atoms with van der Waals surface area (Å²) < 4.78 is 0. The molecule has 0 radical (unpaired) electrons. The number of rotatable bonds is 16. The Morgan fingerprint density at radius 1 is 0.280 bits per heavy atom. The Hall–Kier alpha value is 2.60. The van der Waals surface area contributed by atoms with Gasteiger partial charge in [0.15, 0.2) is 0 Å². The zero-order valence-corrected chi connectivity index (χ0v) is 52.6. The standard InChI is InChI=1S/C38H98Si12/c1-31(2)49(35(41(7,8)9)42(10,11)12,36(43(13,14)15)44(16,17)18)39-33(5)34(6)40(39)50(32(3)4,37(45(19,20)21)46(22,23)24)38(47(25,26)27)48(28,29)30/h31-38H,1-30H3/t33-,34+. The lowest BCUT2D eigenvalue weighted by molar-refractivity contribution is 0.827. The van der Waals surface area contributed by atoms with Crippen LogP contribution in [0.2, 0.25) is 198 Å². The molecule has 1 aliphatic rings. The van der Waals surface area contributed by atoms with Gasteiger partial charge in [-0.3, -0.25) is 0 Å². The van der Waals surface area contributed by atoms with Crippen molar-refractivity contribution in [2.75, 3.05) is 0 Å². The third-order valence-electron chi connectivity index (χ3n) is 13.6. The topological polar surface area (TPSA) is 0 Å². The minimum absolute atomic E-state index is 0.535. The Balaban J connectivity index is 5.42. The molecule has 50 heavy (non-hydrogen) atoms. The van der Waals surface area contributed by atoms with E-state index < -0.39 is 94.6 Å². The first-order valence-electron chi connectivity index (χ1n) is 21.2. The lowest BCUT2D eigenvalue weighted by Crippen LogP contribution is -2.84. The van der Waals surface area contributed by atoms with Crippen molar-refractivity contribution in [2.24, 2.45) is 0 Å². The Labute approximate surface area is 332 Å². The first kappa shape index (κ1) is 50.6. The number of hydrogen-bond donors (Lipinski definition) is 0. The smallest absolute Gasteiger partial charge is 0.0578 e. The van der Waals surface area contributed by atoms with Crippen molar-refractivity contribution in [3.05, 3.63) is 0 Å². The molecule has 2 atom stereocenters. The third kappa shape index (κ3) is 9.48. The van der Waals surface area contributed by atoms with Crippen LogP contribution in [0.1, 0.15) is 41.5 Å². The fourth-order valence-corrected chi connectivity index (χ4v) is 239.